The highest BCUT2D eigenvalue weighted by atomic mass is 32.1. The van der Waals surface area contributed by atoms with Crippen molar-refractivity contribution in [3.8, 4) is 5.13 Å². The fourth-order valence-corrected chi connectivity index (χ4v) is 3.95. The van der Waals surface area contributed by atoms with Crippen LogP contribution in [0.3, 0.4) is 0 Å². The largest absolute Gasteiger partial charge is 0.306 e. The van der Waals surface area contributed by atoms with E-state index in [1.54, 1.807) is 28.2 Å². The van der Waals surface area contributed by atoms with Gasteiger partial charge in [0, 0.05) is 11.6 Å². The molecule has 0 saturated carbocycles. The molecule has 0 radical (unpaired) electrons. The zero-order valence-corrected chi connectivity index (χ0v) is 17.2. The Balaban J connectivity index is 1.71. The molecule has 0 atom stereocenters. The molecular formula is C22H22N4OS. The molecule has 1 amide bonds. The molecule has 0 unspecified atom stereocenters. The van der Waals surface area contributed by atoms with Gasteiger partial charge in [-0.25, -0.2) is 4.98 Å². The Morgan fingerprint density at radius 1 is 1.07 bits per heavy atom. The van der Waals surface area contributed by atoms with E-state index in [0.29, 0.717) is 11.4 Å². The van der Waals surface area contributed by atoms with Gasteiger partial charge >= 0.3 is 0 Å². The third-order valence-electron chi connectivity index (χ3n) is 4.53. The van der Waals surface area contributed by atoms with Crippen LogP contribution in [0.25, 0.3) is 15.3 Å². The monoisotopic (exact) mass is 390 g/mol. The normalized spacial score (nSPS) is 11.7. The van der Waals surface area contributed by atoms with Gasteiger partial charge in [0.25, 0.3) is 5.91 Å². The van der Waals surface area contributed by atoms with Crippen molar-refractivity contribution >= 4 is 33.3 Å². The minimum absolute atomic E-state index is 0.0788. The Kier molecular flexibility index (Phi) is 4.51. The molecule has 1 N–H and O–H groups in total. The first-order chi connectivity index (χ1) is 13.3. The number of aromatic nitrogens is 3. The summed E-state index contributed by atoms with van der Waals surface area (Å²) in [6.45, 7) is 8.50. The number of amides is 1. The van der Waals surface area contributed by atoms with Crippen molar-refractivity contribution < 1.29 is 4.79 Å². The van der Waals surface area contributed by atoms with Crippen LogP contribution in [0.5, 0.6) is 0 Å². The summed E-state index contributed by atoms with van der Waals surface area (Å²) < 4.78 is 2.81. The number of benzene rings is 2. The molecule has 6 heteroatoms. The molecular weight excluding hydrogens is 368 g/mol. The maximum absolute atomic E-state index is 12.6. The third kappa shape index (κ3) is 3.55. The van der Waals surface area contributed by atoms with Crippen LogP contribution < -0.4 is 5.32 Å². The number of rotatable bonds is 3. The zero-order valence-electron chi connectivity index (χ0n) is 16.4. The Hall–Kier alpha value is -2.99. The molecule has 0 spiro atoms. The number of nitrogens with one attached hydrogen (secondary N) is 1. The van der Waals surface area contributed by atoms with Crippen LogP contribution in [-0.2, 0) is 5.41 Å². The molecule has 0 aliphatic rings. The van der Waals surface area contributed by atoms with Crippen LogP contribution in [-0.4, -0.2) is 20.7 Å². The topological polar surface area (TPSA) is 59.8 Å². The van der Waals surface area contributed by atoms with E-state index in [4.69, 9.17) is 4.98 Å². The number of thiazole rings is 1. The first kappa shape index (κ1) is 18.4. The van der Waals surface area contributed by atoms with Gasteiger partial charge in [0.15, 0.2) is 0 Å². The lowest BCUT2D eigenvalue weighted by atomic mass is 9.87. The van der Waals surface area contributed by atoms with Crippen LogP contribution in [0.2, 0.25) is 0 Å². The Bertz CT molecular complexity index is 1150. The van der Waals surface area contributed by atoms with E-state index in [1.165, 1.54) is 5.56 Å². The molecule has 0 fully saturated rings. The van der Waals surface area contributed by atoms with Gasteiger partial charge in [0.2, 0.25) is 5.13 Å². The summed E-state index contributed by atoms with van der Waals surface area (Å²) in [5.41, 5.74) is 3.70. The number of nitrogens with zero attached hydrogens (tertiary/aromatic N) is 3. The van der Waals surface area contributed by atoms with Crippen molar-refractivity contribution in [2.45, 2.75) is 33.1 Å². The van der Waals surface area contributed by atoms with Crippen LogP contribution in [0.4, 0.5) is 5.82 Å². The van der Waals surface area contributed by atoms with Crippen LogP contribution in [0.1, 0.15) is 42.4 Å². The van der Waals surface area contributed by atoms with Crippen LogP contribution in [0.15, 0.2) is 54.6 Å². The van der Waals surface area contributed by atoms with Gasteiger partial charge in [-0.05, 0) is 42.2 Å². The summed E-state index contributed by atoms with van der Waals surface area (Å²) in [4.78, 5) is 17.3. The average Bonchev–Trinajstić information content (AvgIpc) is 3.24. The van der Waals surface area contributed by atoms with Gasteiger partial charge in [0.05, 0.1) is 15.9 Å². The Morgan fingerprint density at radius 2 is 1.82 bits per heavy atom. The molecule has 2 heterocycles. The molecule has 0 bridgehead atoms. The summed E-state index contributed by atoms with van der Waals surface area (Å²) in [5, 5.41) is 8.23. The maximum atomic E-state index is 12.6. The highest BCUT2D eigenvalue weighted by Crippen LogP contribution is 2.31. The number of carbonyl (C=O) groups excluding carboxylic acids is 1. The van der Waals surface area contributed by atoms with Crippen molar-refractivity contribution in [2.24, 2.45) is 0 Å². The second-order valence-electron chi connectivity index (χ2n) is 7.83. The minimum atomic E-state index is -0.169. The van der Waals surface area contributed by atoms with Gasteiger partial charge < -0.3 is 5.32 Å². The predicted octanol–water partition coefficient (Wildman–Crippen LogP) is 5.34. The molecule has 28 heavy (non-hydrogen) atoms. The highest BCUT2D eigenvalue weighted by Gasteiger charge is 2.18. The molecule has 2 aromatic carbocycles. The Morgan fingerprint density at radius 3 is 2.54 bits per heavy atom. The standard InChI is InChI=1S/C22H22N4OS/c1-14-12-19(24-20(27)15-8-6-5-7-9-15)26(25-14)21-23-17-11-10-16(22(2,3)4)13-18(17)28-21/h5-13H,1-4H3,(H,24,27). The summed E-state index contributed by atoms with van der Waals surface area (Å²) in [6, 6.07) is 17.4. The summed E-state index contributed by atoms with van der Waals surface area (Å²) in [6.07, 6.45) is 0. The summed E-state index contributed by atoms with van der Waals surface area (Å²) >= 11 is 1.57. The second-order valence-corrected chi connectivity index (χ2v) is 8.84. The quantitative estimate of drug-likeness (QED) is 0.514. The van der Waals surface area contributed by atoms with Crippen molar-refractivity contribution in [3.05, 3.63) is 71.4 Å². The Labute approximate surface area is 168 Å². The maximum Gasteiger partial charge on any atom is 0.256 e. The fourth-order valence-electron chi connectivity index (χ4n) is 2.98. The summed E-state index contributed by atoms with van der Waals surface area (Å²) in [5.74, 6) is 0.444. The third-order valence-corrected chi connectivity index (χ3v) is 5.53. The van der Waals surface area contributed by atoms with Crippen LogP contribution in [0, 0.1) is 6.92 Å². The van der Waals surface area contributed by atoms with E-state index < -0.39 is 0 Å². The first-order valence-electron chi connectivity index (χ1n) is 9.16. The van der Waals surface area contributed by atoms with Crippen LogP contribution >= 0.6 is 11.3 Å². The lowest BCUT2D eigenvalue weighted by Crippen LogP contribution is -2.14. The zero-order chi connectivity index (χ0) is 19.9. The van der Waals surface area contributed by atoms with E-state index in [0.717, 1.165) is 21.0 Å². The molecule has 0 saturated heterocycles. The molecule has 4 aromatic rings. The van der Waals surface area contributed by atoms with E-state index in [-0.39, 0.29) is 11.3 Å². The summed E-state index contributed by atoms with van der Waals surface area (Å²) in [7, 11) is 0. The number of hydrogen-bond donors (Lipinski definition) is 1. The lowest BCUT2D eigenvalue weighted by molar-refractivity contribution is 0.102. The minimum Gasteiger partial charge on any atom is -0.306 e. The molecule has 5 nitrogen and oxygen atoms in total. The molecule has 0 aliphatic carbocycles. The fraction of sp³-hybridized carbons (Fsp3) is 0.227. The van der Waals surface area contributed by atoms with Gasteiger partial charge in [-0.15, -0.1) is 0 Å². The van der Waals surface area contributed by atoms with Gasteiger partial charge in [-0.2, -0.15) is 9.78 Å². The SMILES string of the molecule is Cc1cc(NC(=O)c2ccccc2)n(-c2nc3ccc(C(C)(C)C)cc3s2)n1. The van der Waals surface area contributed by atoms with E-state index in [9.17, 15) is 4.79 Å². The highest BCUT2D eigenvalue weighted by molar-refractivity contribution is 7.20. The number of aryl methyl sites for hydroxylation is 1. The van der Waals surface area contributed by atoms with Crippen molar-refractivity contribution in [1.29, 1.82) is 0 Å². The number of carbonyl (C=O) groups is 1. The first-order valence-corrected chi connectivity index (χ1v) is 9.97. The molecule has 0 aliphatic heterocycles. The molecule has 2 aromatic heterocycles. The molecule has 4 rings (SSSR count). The van der Waals surface area contributed by atoms with Crippen molar-refractivity contribution in [3.63, 3.8) is 0 Å². The predicted molar refractivity (Wildman–Crippen MR) is 115 cm³/mol. The van der Waals surface area contributed by atoms with Crippen molar-refractivity contribution in [2.75, 3.05) is 5.32 Å². The second kappa shape index (κ2) is 6.87. The van der Waals surface area contributed by atoms with E-state index in [2.05, 4.69) is 49.4 Å². The lowest BCUT2D eigenvalue weighted by Gasteiger charge is -2.18. The van der Waals surface area contributed by atoms with Gasteiger partial charge in [0.1, 0.15) is 5.82 Å². The van der Waals surface area contributed by atoms with Gasteiger partial charge in [-0.3, -0.25) is 4.79 Å². The van der Waals surface area contributed by atoms with Gasteiger partial charge in [-0.1, -0.05) is 56.4 Å². The smallest absolute Gasteiger partial charge is 0.256 e. The number of anilines is 1. The van der Waals surface area contributed by atoms with E-state index >= 15 is 0 Å². The number of fused-ring (bicyclic) bond motifs is 1. The molecule has 142 valence electrons. The van der Waals surface area contributed by atoms with Crippen molar-refractivity contribution in [1.82, 2.24) is 14.8 Å². The average molecular weight is 391 g/mol. The number of hydrogen-bond acceptors (Lipinski definition) is 4. The van der Waals surface area contributed by atoms with E-state index in [1.807, 2.05) is 31.2 Å².